The van der Waals surface area contributed by atoms with Crippen LogP contribution in [0, 0.1) is 13.8 Å². The van der Waals surface area contributed by atoms with Crippen LogP contribution in [0.2, 0.25) is 0 Å². The average Bonchev–Trinajstić information content (AvgIpc) is 2.59. The van der Waals surface area contributed by atoms with E-state index in [0.29, 0.717) is 17.0 Å². The standard InChI is InChI=1S/C21H26N2O3/c1-5-16(4)22-21(25)18-8-6-7-9-19(18)23-20(24)13-26-17-11-14(2)10-15(3)12-17/h6-12,16H,5,13H2,1-4H3,(H,22,25)(H,23,24)/t16-/m1/s1. The van der Waals surface area contributed by atoms with Crippen molar-refractivity contribution >= 4 is 17.5 Å². The van der Waals surface area contributed by atoms with E-state index in [1.165, 1.54) is 0 Å². The highest BCUT2D eigenvalue weighted by Crippen LogP contribution is 2.17. The molecule has 0 saturated carbocycles. The van der Waals surface area contributed by atoms with Gasteiger partial charge in [-0.15, -0.1) is 0 Å². The molecule has 0 aliphatic rings. The van der Waals surface area contributed by atoms with Crippen LogP contribution < -0.4 is 15.4 Å². The first-order valence-electron chi connectivity index (χ1n) is 8.80. The Morgan fingerprint density at radius 1 is 1.08 bits per heavy atom. The molecule has 0 bridgehead atoms. The number of amides is 2. The van der Waals surface area contributed by atoms with Crippen LogP contribution in [0.3, 0.4) is 0 Å². The number of carbonyl (C=O) groups excluding carboxylic acids is 2. The Morgan fingerprint density at radius 3 is 2.38 bits per heavy atom. The van der Waals surface area contributed by atoms with Crippen molar-refractivity contribution < 1.29 is 14.3 Å². The molecule has 0 saturated heterocycles. The Morgan fingerprint density at radius 2 is 1.73 bits per heavy atom. The average molecular weight is 354 g/mol. The summed E-state index contributed by atoms with van der Waals surface area (Å²) in [5.74, 6) is 0.138. The molecule has 2 aromatic carbocycles. The van der Waals surface area contributed by atoms with Crippen LogP contribution in [0.25, 0.3) is 0 Å². The largest absolute Gasteiger partial charge is 0.484 e. The maximum atomic E-state index is 12.4. The van der Waals surface area contributed by atoms with Gasteiger partial charge in [-0.2, -0.15) is 0 Å². The molecule has 5 heteroatoms. The van der Waals surface area contributed by atoms with Gasteiger partial charge in [0, 0.05) is 6.04 Å². The van der Waals surface area contributed by atoms with Gasteiger partial charge in [0.1, 0.15) is 5.75 Å². The Kier molecular flexibility index (Phi) is 6.78. The van der Waals surface area contributed by atoms with Crippen molar-refractivity contribution in [3.8, 4) is 5.75 Å². The van der Waals surface area contributed by atoms with E-state index >= 15 is 0 Å². The zero-order valence-electron chi connectivity index (χ0n) is 15.8. The van der Waals surface area contributed by atoms with E-state index < -0.39 is 0 Å². The second kappa shape index (κ2) is 9.04. The fourth-order valence-electron chi connectivity index (χ4n) is 2.55. The molecule has 0 fully saturated rings. The van der Waals surface area contributed by atoms with Crippen molar-refractivity contribution in [2.45, 2.75) is 40.2 Å². The van der Waals surface area contributed by atoms with E-state index in [9.17, 15) is 9.59 Å². The predicted octanol–water partition coefficient (Wildman–Crippen LogP) is 3.85. The summed E-state index contributed by atoms with van der Waals surface area (Å²) in [6.07, 6.45) is 0.837. The number of carbonyl (C=O) groups is 2. The second-order valence-electron chi connectivity index (χ2n) is 6.49. The first-order valence-corrected chi connectivity index (χ1v) is 8.80. The Hall–Kier alpha value is -2.82. The number of benzene rings is 2. The highest BCUT2D eigenvalue weighted by molar-refractivity contribution is 6.04. The Bertz CT molecular complexity index is 766. The number of rotatable bonds is 7. The third-order valence-corrected chi connectivity index (χ3v) is 4.00. The van der Waals surface area contributed by atoms with Crippen LogP contribution in [0.5, 0.6) is 5.75 Å². The molecule has 2 N–H and O–H groups in total. The summed E-state index contributed by atoms with van der Waals surface area (Å²) in [6.45, 7) is 7.78. The maximum absolute atomic E-state index is 12.4. The zero-order chi connectivity index (χ0) is 19.1. The summed E-state index contributed by atoms with van der Waals surface area (Å²) in [5.41, 5.74) is 3.06. The molecular weight excluding hydrogens is 328 g/mol. The molecule has 1 atom stereocenters. The summed E-state index contributed by atoms with van der Waals surface area (Å²) < 4.78 is 5.57. The maximum Gasteiger partial charge on any atom is 0.262 e. The van der Waals surface area contributed by atoms with Crippen LogP contribution >= 0.6 is 0 Å². The molecule has 26 heavy (non-hydrogen) atoms. The van der Waals surface area contributed by atoms with E-state index in [4.69, 9.17) is 4.74 Å². The topological polar surface area (TPSA) is 67.4 Å². The summed E-state index contributed by atoms with van der Waals surface area (Å²) in [7, 11) is 0. The van der Waals surface area contributed by atoms with Gasteiger partial charge in [0.2, 0.25) is 0 Å². The van der Waals surface area contributed by atoms with Gasteiger partial charge in [-0.25, -0.2) is 0 Å². The molecule has 0 spiro atoms. The molecule has 2 aromatic rings. The van der Waals surface area contributed by atoms with Crippen molar-refractivity contribution in [1.29, 1.82) is 0 Å². The van der Waals surface area contributed by atoms with E-state index in [-0.39, 0.29) is 24.5 Å². The summed E-state index contributed by atoms with van der Waals surface area (Å²) in [5, 5.41) is 5.67. The van der Waals surface area contributed by atoms with Crippen LogP contribution in [-0.2, 0) is 4.79 Å². The minimum atomic E-state index is -0.312. The molecule has 0 aromatic heterocycles. The van der Waals surface area contributed by atoms with Crippen molar-refractivity contribution in [2.75, 3.05) is 11.9 Å². The minimum absolute atomic E-state index is 0.0687. The lowest BCUT2D eigenvalue weighted by Crippen LogP contribution is -2.33. The molecule has 0 radical (unpaired) electrons. The van der Waals surface area contributed by atoms with Gasteiger partial charge < -0.3 is 15.4 Å². The molecule has 138 valence electrons. The monoisotopic (exact) mass is 354 g/mol. The third-order valence-electron chi connectivity index (χ3n) is 4.00. The summed E-state index contributed by atoms with van der Waals surface area (Å²) >= 11 is 0. The summed E-state index contributed by atoms with van der Waals surface area (Å²) in [6, 6.07) is 12.8. The van der Waals surface area contributed by atoms with E-state index in [0.717, 1.165) is 17.5 Å². The van der Waals surface area contributed by atoms with Crippen LogP contribution in [0.1, 0.15) is 41.8 Å². The highest BCUT2D eigenvalue weighted by Gasteiger charge is 2.14. The van der Waals surface area contributed by atoms with E-state index in [2.05, 4.69) is 10.6 Å². The van der Waals surface area contributed by atoms with Gasteiger partial charge in [0.25, 0.3) is 11.8 Å². The molecule has 2 amide bonds. The van der Waals surface area contributed by atoms with Gasteiger partial charge >= 0.3 is 0 Å². The van der Waals surface area contributed by atoms with Crippen LogP contribution in [-0.4, -0.2) is 24.5 Å². The zero-order valence-corrected chi connectivity index (χ0v) is 15.8. The smallest absolute Gasteiger partial charge is 0.262 e. The number of ether oxygens (including phenoxy) is 1. The lowest BCUT2D eigenvalue weighted by atomic mass is 10.1. The van der Waals surface area contributed by atoms with Crippen molar-refractivity contribution in [1.82, 2.24) is 5.32 Å². The SMILES string of the molecule is CC[C@@H](C)NC(=O)c1ccccc1NC(=O)COc1cc(C)cc(C)c1. The fourth-order valence-corrected chi connectivity index (χ4v) is 2.55. The quantitative estimate of drug-likeness (QED) is 0.794. The lowest BCUT2D eigenvalue weighted by Gasteiger charge is -2.15. The van der Waals surface area contributed by atoms with Gasteiger partial charge in [-0.1, -0.05) is 25.1 Å². The predicted molar refractivity (Wildman–Crippen MR) is 104 cm³/mol. The molecule has 0 aliphatic carbocycles. The number of nitrogens with one attached hydrogen (secondary N) is 2. The van der Waals surface area contributed by atoms with Gasteiger partial charge in [-0.3, -0.25) is 9.59 Å². The van der Waals surface area contributed by atoms with Crippen molar-refractivity contribution in [2.24, 2.45) is 0 Å². The first-order chi connectivity index (χ1) is 12.4. The van der Waals surface area contributed by atoms with Gasteiger partial charge in [-0.05, 0) is 62.6 Å². The molecule has 0 heterocycles. The number of hydrogen-bond donors (Lipinski definition) is 2. The fraction of sp³-hybridized carbons (Fsp3) is 0.333. The van der Waals surface area contributed by atoms with E-state index in [1.807, 2.05) is 45.9 Å². The molecule has 5 nitrogen and oxygen atoms in total. The van der Waals surface area contributed by atoms with Crippen LogP contribution in [0.4, 0.5) is 5.69 Å². The minimum Gasteiger partial charge on any atom is -0.484 e. The normalized spacial score (nSPS) is 11.5. The van der Waals surface area contributed by atoms with Gasteiger partial charge in [0.15, 0.2) is 6.61 Å². The highest BCUT2D eigenvalue weighted by atomic mass is 16.5. The molecular formula is C21H26N2O3. The second-order valence-corrected chi connectivity index (χ2v) is 6.49. The van der Waals surface area contributed by atoms with E-state index in [1.54, 1.807) is 24.3 Å². The number of anilines is 1. The van der Waals surface area contributed by atoms with Crippen molar-refractivity contribution in [3.63, 3.8) is 0 Å². The Labute approximate surface area is 154 Å². The number of hydrogen-bond acceptors (Lipinski definition) is 3. The lowest BCUT2D eigenvalue weighted by molar-refractivity contribution is -0.118. The van der Waals surface area contributed by atoms with Crippen LogP contribution in [0.15, 0.2) is 42.5 Å². The first kappa shape index (κ1) is 19.5. The van der Waals surface area contributed by atoms with Gasteiger partial charge in [0.05, 0.1) is 11.3 Å². The molecule has 2 rings (SSSR count). The van der Waals surface area contributed by atoms with Crippen molar-refractivity contribution in [3.05, 3.63) is 59.2 Å². The molecule has 0 unspecified atom stereocenters. The number of para-hydroxylation sites is 1. The third kappa shape index (κ3) is 5.62. The summed E-state index contributed by atoms with van der Waals surface area (Å²) in [4.78, 5) is 24.6. The molecule has 0 aliphatic heterocycles. The Balaban J connectivity index is 2.01. The number of aryl methyl sites for hydroxylation is 2.